The number of carboxylic acid groups (broad SMARTS) is 1. The van der Waals surface area contributed by atoms with Gasteiger partial charge in [0.1, 0.15) is 5.25 Å². The summed E-state index contributed by atoms with van der Waals surface area (Å²) >= 11 is 1.08. The quantitative estimate of drug-likeness (QED) is 0.691. The van der Waals surface area contributed by atoms with Crippen LogP contribution in [0.15, 0.2) is 0 Å². The number of rotatable bonds is 9. The number of aliphatic carboxylic acids is 1. The lowest BCUT2D eigenvalue weighted by Crippen LogP contribution is -2.35. The first-order valence-electron chi connectivity index (χ1n) is 6.30. The topological polar surface area (TPSA) is 105 Å². The number of carbonyl (C=O) groups excluding carboxylic acids is 1. The van der Waals surface area contributed by atoms with Crippen molar-refractivity contribution in [2.45, 2.75) is 31.9 Å². The summed E-state index contributed by atoms with van der Waals surface area (Å²) in [5.41, 5.74) is 0. The van der Waals surface area contributed by atoms with E-state index in [1.165, 1.54) is 4.90 Å². The van der Waals surface area contributed by atoms with Crippen molar-refractivity contribution in [2.24, 2.45) is 5.92 Å². The van der Waals surface area contributed by atoms with Crippen molar-refractivity contribution in [3.05, 3.63) is 0 Å². The molecule has 0 heterocycles. The molecule has 1 atom stereocenters. The van der Waals surface area contributed by atoms with Crippen LogP contribution in [-0.4, -0.2) is 46.0 Å². The van der Waals surface area contributed by atoms with Crippen molar-refractivity contribution in [3.8, 4) is 12.1 Å². The average molecular weight is 297 g/mol. The highest BCUT2D eigenvalue weighted by Crippen LogP contribution is 2.20. The van der Waals surface area contributed by atoms with Crippen LogP contribution in [0.3, 0.4) is 0 Å². The molecule has 0 aromatic rings. The van der Waals surface area contributed by atoms with Crippen LogP contribution in [0, 0.1) is 28.6 Å². The van der Waals surface area contributed by atoms with E-state index in [0.29, 0.717) is 0 Å². The summed E-state index contributed by atoms with van der Waals surface area (Å²) in [6.07, 6.45) is 0.406. The van der Waals surface area contributed by atoms with Crippen LogP contribution >= 0.6 is 11.8 Å². The molecule has 20 heavy (non-hydrogen) atoms. The maximum atomic E-state index is 12.0. The lowest BCUT2D eigenvalue weighted by atomic mass is 10.1. The molecule has 7 heteroatoms. The Labute approximate surface area is 123 Å². The van der Waals surface area contributed by atoms with E-state index in [-0.39, 0.29) is 43.5 Å². The maximum absolute atomic E-state index is 12.0. The number of carboxylic acids is 1. The summed E-state index contributed by atoms with van der Waals surface area (Å²) in [5, 5.41) is 25.5. The molecule has 0 bridgehead atoms. The SMILES string of the molecule is CC(C)C(SCC(=O)N(CCC#N)CCC#N)C(=O)O. The molecule has 0 radical (unpaired) electrons. The van der Waals surface area contributed by atoms with Crippen LogP contribution < -0.4 is 0 Å². The summed E-state index contributed by atoms with van der Waals surface area (Å²) < 4.78 is 0. The van der Waals surface area contributed by atoms with E-state index in [1.807, 2.05) is 12.1 Å². The van der Waals surface area contributed by atoms with E-state index < -0.39 is 11.2 Å². The molecule has 0 aliphatic heterocycles. The molecule has 0 fully saturated rings. The van der Waals surface area contributed by atoms with E-state index in [1.54, 1.807) is 13.8 Å². The first kappa shape index (κ1) is 18.3. The Morgan fingerprint density at radius 2 is 1.70 bits per heavy atom. The van der Waals surface area contributed by atoms with Gasteiger partial charge in [0, 0.05) is 13.1 Å². The normalized spacial score (nSPS) is 11.4. The van der Waals surface area contributed by atoms with E-state index in [2.05, 4.69) is 0 Å². The Kier molecular flexibility index (Phi) is 9.23. The minimum atomic E-state index is -0.932. The first-order valence-corrected chi connectivity index (χ1v) is 7.35. The van der Waals surface area contributed by atoms with Crippen LogP contribution in [0.2, 0.25) is 0 Å². The van der Waals surface area contributed by atoms with Gasteiger partial charge in [0.2, 0.25) is 5.91 Å². The summed E-state index contributed by atoms with van der Waals surface area (Å²) in [4.78, 5) is 24.5. The highest BCUT2D eigenvalue weighted by atomic mass is 32.2. The second-order valence-electron chi connectivity index (χ2n) is 4.51. The highest BCUT2D eigenvalue weighted by Gasteiger charge is 2.24. The third-order valence-corrected chi connectivity index (χ3v) is 4.09. The number of hydrogen-bond acceptors (Lipinski definition) is 5. The van der Waals surface area contributed by atoms with Gasteiger partial charge in [0.25, 0.3) is 0 Å². The first-order chi connectivity index (χ1) is 9.43. The van der Waals surface area contributed by atoms with Crippen LogP contribution in [0.4, 0.5) is 0 Å². The van der Waals surface area contributed by atoms with Gasteiger partial charge in [-0.05, 0) is 5.92 Å². The van der Waals surface area contributed by atoms with Gasteiger partial charge < -0.3 is 10.0 Å². The Hall–Kier alpha value is -1.73. The van der Waals surface area contributed by atoms with Crippen molar-refractivity contribution in [3.63, 3.8) is 0 Å². The number of thioether (sulfide) groups is 1. The zero-order valence-corrected chi connectivity index (χ0v) is 12.5. The van der Waals surface area contributed by atoms with E-state index in [4.69, 9.17) is 15.6 Å². The minimum Gasteiger partial charge on any atom is -0.480 e. The zero-order valence-electron chi connectivity index (χ0n) is 11.7. The van der Waals surface area contributed by atoms with E-state index in [0.717, 1.165) is 11.8 Å². The second kappa shape index (κ2) is 10.1. The Bertz CT molecular complexity index is 394. The minimum absolute atomic E-state index is 0.0476. The lowest BCUT2D eigenvalue weighted by molar-refractivity contribution is -0.137. The molecule has 1 amide bonds. The second-order valence-corrected chi connectivity index (χ2v) is 5.64. The number of amides is 1. The molecular formula is C13H19N3O3S. The van der Waals surface area contributed by atoms with E-state index >= 15 is 0 Å². The third kappa shape index (κ3) is 7.01. The van der Waals surface area contributed by atoms with Crippen LogP contribution in [0.5, 0.6) is 0 Å². The van der Waals surface area contributed by atoms with Gasteiger partial charge in [-0.2, -0.15) is 10.5 Å². The molecule has 0 rings (SSSR count). The van der Waals surface area contributed by atoms with Crippen molar-refractivity contribution < 1.29 is 14.7 Å². The molecule has 0 aromatic heterocycles. The van der Waals surface area contributed by atoms with Gasteiger partial charge in [-0.3, -0.25) is 9.59 Å². The number of carbonyl (C=O) groups is 2. The molecule has 6 nitrogen and oxygen atoms in total. The van der Waals surface area contributed by atoms with Crippen molar-refractivity contribution >= 4 is 23.6 Å². The van der Waals surface area contributed by atoms with Gasteiger partial charge in [-0.25, -0.2) is 0 Å². The predicted octanol–water partition coefficient (Wildman–Crippen LogP) is 1.48. The lowest BCUT2D eigenvalue weighted by Gasteiger charge is -2.22. The Morgan fingerprint density at radius 1 is 1.20 bits per heavy atom. The monoisotopic (exact) mass is 297 g/mol. The number of nitrogens with zero attached hydrogens (tertiary/aromatic N) is 3. The highest BCUT2D eigenvalue weighted by molar-refractivity contribution is 8.01. The van der Waals surface area contributed by atoms with Gasteiger partial charge >= 0.3 is 5.97 Å². The molecular weight excluding hydrogens is 278 g/mol. The molecule has 0 spiro atoms. The fraction of sp³-hybridized carbons (Fsp3) is 0.692. The molecule has 1 unspecified atom stereocenters. The van der Waals surface area contributed by atoms with Crippen LogP contribution in [0.25, 0.3) is 0 Å². The summed E-state index contributed by atoms with van der Waals surface area (Å²) in [6.45, 7) is 4.13. The van der Waals surface area contributed by atoms with Crippen molar-refractivity contribution in [2.75, 3.05) is 18.8 Å². The smallest absolute Gasteiger partial charge is 0.316 e. The predicted molar refractivity (Wildman–Crippen MR) is 75.8 cm³/mol. The summed E-state index contributed by atoms with van der Waals surface area (Å²) in [7, 11) is 0. The largest absolute Gasteiger partial charge is 0.480 e. The molecule has 1 N–H and O–H groups in total. The Morgan fingerprint density at radius 3 is 2.05 bits per heavy atom. The standard InChI is InChI=1S/C13H19N3O3S/c1-10(2)12(13(18)19)20-9-11(17)16(7-3-5-14)8-4-6-15/h10,12H,3-4,7-9H2,1-2H3,(H,18,19). The summed E-state index contributed by atoms with van der Waals surface area (Å²) in [5.74, 6) is -1.19. The molecule has 0 saturated heterocycles. The zero-order chi connectivity index (χ0) is 15.5. The number of hydrogen-bond donors (Lipinski definition) is 1. The van der Waals surface area contributed by atoms with Crippen molar-refractivity contribution in [1.82, 2.24) is 4.90 Å². The molecule has 0 aromatic carbocycles. The Balaban J connectivity index is 4.47. The van der Waals surface area contributed by atoms with Crippen LogP contribution in [-0.2, 0) is 9.59 Å². The fourth-order valence-corrected chi connectivity index (χ4v) is 2.56. The fourth-order valence-electron chi connectivity index (χ4n) is 1.53. The van der Waals surface area contributed by atoms with Gasteiger partial charge in [0.05, 0.1) is 30.7 Å². The molecule has 110 valence electrons. The van der Waals surface area contributed by atoms with Gasteiger partial charge in [0.15, 0.2) is 0 Å². The maximum Gasteiger partial charge on any atom is 0.316 e. The molecule has 0 saturated carbocycles. The van der Waals surface area contributed by atoms with Gasteiger partial charge in [-0.15, -0.1) is 11.8 Å². The number of nitriles is 2. The average Bonchev–Trinajstić information content (AvgIpc) is 2.38. The summed E-state index contributed by atoms with van der Waals surface area (Å²) in [6, 6.07) is 3.91. The third-order valence-electron chi connectivity index (χ3n) is 2.58. The van der Waals surface area contributed by atoms with Gasteiger partial charge in [-0.1, -0.05) is 13.8 Å². The van der Waals surface area contributed by atoms with E-state index in [9.17, 15) is 9.59 Å². The van der Waals surface area contributed by atoms with Crippen LogP contribution in [0.1, 0.15) is 26.7 Å². The molecule has 0 aliphatic carbocycles. The molecule has 0 aliphatic rings. The van der Waals surface area contributed by atoms with Crippen molar-refractivity contribution in [1.29, 1.82) is 10.5 Å².